The number of likely N-dealkylation sites (tertiary alicyclic amines) is 1. The van der Waals surface area contributed by atoms with E-state index in [1.165, 1.54) is 14.0 Å². The Morgan fingerprint density at radius 1 is 1.50 bits per heavy atom. The van der Waals surface area contributed by atoms with Gasteiger partial charge in [0, 0.05) is 13.1 Å². The van der Waals surface area contributed by atoms with Crippen LogP contribution in [-0.2, 0) is 9.53 Å². The predicted octanol–water partition coefficient (Wildman–Crippen LogP) is -0.350. The van der Waals surface area contributed by atoms with Gasteiger partial charge in [0.05, 0.1) is 12.1 Å². The number of methoxy groups -OCH3 is 1. The Labute approximate surface area is 91.8 Å². The number of hydrogen-bond acceptors (Lipinski definition) is 3. The quantitative estimate of drug-likeness (QED) is 0.634. The summed E-state index contributed by atoms with van der Waals surface area (Å²) in [6, 6.07) is -1.03. The van der Waals surface area contributed by atoms with Crippen molar-refractivity contribution in [2.24, 2.45) is 0 Å². The van der Waals surface area contributed by atoms with Crippen LogP contribution in [0, 0.1) is 0 Å². The Morgan fingerprint density at radius 2 is 2.00 bits per heavy atom. The molecule has 1 heterocycles. The lowest BCUT2D eigenvalue weighted by atomic mass is 9.90. The molecule has 1 fully saturated rings. The Kier molecular flexibility index (Phi) is 3.54. The largest absolute Gasteiger partial charge is 0.471 e. The highest BCUT2D eigenvalue weighted by atomic mass is 19.4. The zero-order chi connectivity index (χ0) is 12.7. The van der Waals surface area contributed by atoms with Crippen molar-refractivity contribution in [3.05, 3.63) is 0 Å². The van der Waals surface area contributed by atoms with Crippen LogP contribution in [0.1, 0.15) is 6.92 Å². The lowest BCUT2D eigenvalue weighted by Crippen LogP contribution is -2.49. The molecule has 0 aromatic rings. The summed E-state index contributed by atoms with van der Waals surface area (Å²) in [5.74, 6) is -3.37. The van der Waals surface area contributed by atoms with Gasteiger partial charge in [-0.15, -0.1) is 0 Å². The average Bonchev–Trinajstić information content (AvgIpc) is 2.36. The van der Waals surface area contributed by atoms with Gasteiger partial charge in [0.2, 0.25) is 0 Å². The number of hydrogen-bond donors (Lipinski definition) is 1. The van der Waals surface area contributed by atoms with Crippen LogP contribution in [0.4, 0.5) is 13.2 Å². The number of aliphatic hydroxyl groups is 1. The Morgan fingerprint density at radius 3 is 2.31 bits per heavy atom. The van der Waals surface area contributed by atoms with Crippen LogP contribution >= 0.6 is 0 Å². The van der Waals surface area contributed by atoms with Crippen LogP contribution < -0.4 is 0 Å². The second-order valence-electron chi connectivity index (χ2n) is 3.63. The number of nitrogens with zero attached hydrogens (tertiary/aromatic N) is 1. The van der Waals surface area contributed by atoms with Crippen molar-refractivity contribution in [2.45, 2.75) is 37.3 Å². The number of halogens is 3. The van der Waals surface area contributed by atoms with E-state index >= 15 is 0 Å². The fourth-order valence-corrected chi connectivity index (χ4v) is 1.82. The van der Waals surface area contributed by atoms with Gasteiger partial charge in [-0.1, -0.05) is 0 Å². The van der Waals surface area contributed by atoms with Gasteiger partial charge in [-0.25, -0.2) is 0 Å². The lowest BCUT2D eigenvalue weighted by Gasteiger charge is -2.27. The molecule has 1 N–H and O–H groups in total. The van der Waals surface area contributed by atoms with Crippen molar-refractivity contribution in [1.82, 2.24) is 4.90 Å². The highest BCUT2D eigenvalue weighted by molar-refractivity contribution is 6.14. The van der Waals surface area contributed by atoms with Crippen molar-refractivity contribution in [3.8, 4) is 0 Å². The molecular weight excluding hydrogens is 226 g/mol. The van der Waals surface area contributed by atoms with E-state index in [4.69, 9.17) is 12.6 Å². The van der Waals surface area contributed by atoms with Crippen molar-refractivity contribution in [1.29, 1.82) is 0 Å². The molecule has 0 aliphatic carbocycles. The molecule has 4 nitrogen and oxygen atoms in total. The molecular formula is C8H11BF3NO3. The molecule has 1 aliphatic rings. The van der Waals surface area contributed by atoms with E-state index in [-0.39, 0.29) is 0 Å². The summed E-state index contributed by atoms with van der Waals surface area (Å²) in [6.45, 7) is 1.28. The molecule has 0 bridgehead atoms. The van der Waals surface area contributed by atoms with Gasteiger partial charge >= 0.3 is 12.1 Å². The van der Waals surface area contributed by atoms with Crippen LogP contribution in [0.3, 0.4) is 0 Å². The number of aliphatic hydroxyl groups excluding tert-OH is 1. The monoisotopic (exact) mass is 237 g/mol. The smallest absolute Gasteiger partial charge is 0.388 e. The van der Waals surface area contributed by atoms with E-state index in [0.717, 1.165) is 0 Å². The van der Waals surface area contributed by atoms with Crippen molar-refractivity contribution < 1.29 is 27.8 Å². The normalized spacial score (nSPS) is 35.5. The SMILES string of the molecule is [B][C@H]1[C@@H](OC)[C@H](O)[C@@H](C)N1C(=O)C(F)(F)F. The van der Waals surface area contributed by atoms with Gasteiger partial charge in [0.15, 0.2) is 0 Å². The number of alkyl halides is 3. The van der Waals surface area contributed by atoms with E-state index in [1.807, 2.05) is 0 Å². The molecule has 0 saturated carbocycles. The number of rotatable bonds is 1. The Hall–Kier alpha value is -0.755. The predicted molar refractivity (Wildman–Crippen MR) is 48.7 cm³/mol. The van der Waals surface area contributed by atoms with E-state index in [9.17, 15) is 23.1 Å². The summed E-state index contributed by atoms with van der Waals surface area (Å²) < 4.78 is 41.5. The van der Waals surface area contributed by atoms with Crippen molar-refractivity contribution >= 4 is 13.8 Å². The number of ether oxygens (including phenoxy) is 1. The van der Waals surface area contributed by atoms with Crippen LogP contribution in [0.2, 0.25) is 0 Å². The molecule has 0 aromatic carbocycles. The summed E-state index contributed by atoms with van der Waals surface area (Å²) in [6.07, 6.45) is -7.25. The third-order valence-corrected chi connectivity index (χ3v) is 2.68. The van der Waals surface area contributed by atoms with Crippen molar-refractivity contribution in [3.63, 3.8) is 0 Å². The molecule has 1 rings (SSSR count). The van der Waals surface area contributed by atoms with Gasteiger partial charge in [-0.2, -0.15) is 13.2 Å². The molecule has 1 saturated heterocycles. The van der Waals surface area contributed by atoms with E-state index in [2.05, 4.69) is 0 Å². The third-order valence-electron chi connectivity index (χ3n) is 2.68. The molecule has 90 valence electrons. The molecule has 16 heavy (non-hydrogen) atoms. The van der Waals surface area contributed by atoms with Gasteiger partial charge in [-0.3, -0.25) is 4.79 Å². The van der Waals surface area contributed by atoms with E-state index in [0.29, 0.717) is 4.90 Å². The molecule has 4 atom stereocenters. The van der Waals surface area contributed by atoms with Crippen LogP contribution in [0.15, 0.2) is 0 Å². The van der Waals surface area contributed by atoms with Crippen molar-refractivity contribution in [2.75, 3.05) is 7.11 Å². The summed E-state index contributed by atoms with van der Waals surface area (Å²) in [7, 11) is 6.64. The second-order valence-corrected chi connectivity index (χ2v) is 3.63. The number of carbonyl (C=O) groups excluding carboxylic acids is 1. The maximum Gasteiger partial charge on any atom is 0.471 e. The standard InChI is InChI=1S/C8H11BF3NO3/c1-3-4(14)5(16-2)6(9)13(3)7(15)8(10,11)12/h3-6,14H,1-2H3/t3-,4-,5+,6-/m1/s1. The van der Waals surface area contributed by atoms with Crippen LogP contribution in [0.5, 0.6) is 0 Å². The molecule has 8 heteroatoms. The first-order valence-electron chi connectivity index (χ1n) is 4.57. The minimum atomic E-state index is -5.01. The molecule has 0 unspecified atom stereocenters. The maximum atomic E-state index is 12.2. The topological polar surface area (TPSA) is 49.8 Å². The van der Waals surface area contributed by atoms with Gasteiger partial charge < -0.3 is 14.7 Å². The Bertz CT molecular complexity index is 286. The van der Waals surface area contributed by atoms with E-state index in [1.54, 1.807) is 0 Å². The van der Waals surface area contributed by atoms with Crippen LogP contribution in [-0.4, -0.2) is 61.2 Å². The first-order valence-corrected chi connectivity index (χ1v) is 4.57. The zero-order valence-corrected chi connectivity index (χ0v) is 8.73. The first kappa shape index (κ1) is 13.3. The summed E-state index contributed by atoms with van der Waals surface area (Å²) in [5, 5.41) is 9.55. The van der Waals surface area contributed by atoms with Gasteiger partial charge in [0.25, 0.3) is 0 Å². The molecule has 2 radical (unpaired) electrons. The minimum Gasteiger partial charge on any atom is -0.388 e. The summed E-state index contributed by atoms with van der Waals surface area (Å²) in [4.78, 5) is 11.5. The van der Waals surface area contributed by atoms with Gasteiger partial charge in [-0.05, 0) is 6.92 Å². The lowest BCUT2D eigenvalue weighted by molar-refractivity contribution is -0.187. The highest BCUT2D eigenvalue weighted by Gasteiger charge is 2.53. The number of carbonyl (C=O) groups is 1. The zero-order valence-electron chi connectivity index (χ0n) is 8.73. The molecule has 0 aromatic heterocycles. The fourth-order valence-electron chi connectivity index (χ4n) is 1.82. The molecule has 1 amide bonds. The second kappa shape index (κ2) is 4.25. The Balaban J connectivity index is 2.94. The first-order chi connectivity index (χ1) is 7.21. The molecule has 0 spiro atoms. The summed E-state index contributed by atoms with van der Waals surface area (Å²) in [5.41, 5.74) is 0. The fraction of sp³-hybridized carbons (Fsp3) is 0.875. The summed E-state index contributed by atoms with van der Waals surface area (Å²) >= 11 is 0. The number of amides is 1. The van der Waals surface area contributed by atoms with E-state index < -0.39 is 36.3 Å². The van der Waals surface area contributed by atoms with Gasteiger partial charge in [0.1, 0.15) is 14.0 Å². The molecule has 1 aliphatic heterocycles. The van der Waals surface area contributed by atoms with Crippen LogP contribution in [0.25, 0.3) is 0 Å². The highest BCUT2D eigenvalue weighted by Crippen LogP contribution is 2.30. The minimum absolute atomic E-state index is 0.402. The maximum absolute atomic E-state index is 12.2. The average molecular weight is 237 g/mol. The third kappa shape index (κ3) is 2.03.